The molecule has 0 fully saturated rings. The smallest absolute Gasteiger partial charge is 0.335 e. The maximum absolute atomic E-state index is 12.4. The highest BCUT2D eigenvalue weighted by Crippen LogP contribution is 2.19. The summed E-state index contributed by atoms with van der Waals surface area (Å²) in [6.07, 6.45) is 1.57. The van der Waals surface area contributed by atoms with E-state index in [2.05, 4.69) is 10.3 Å². The minimum Gasteiger partial charge on any atom is -0.478 e. The van der Waals surface area contributed by atoms with Crippen molar-refractivity contribution in [2.24, 2.45) is 0 Å². The SMILES string of the molecule is O=C(O)c1cccc(Nc2nc3ccccn3c(=O)c2CO)c1. The zero-order chi connectivity index (χ0) is 16.4. The van der Waals surface area contributed by atoms with Crippen molar-refractivity contribution in [2.45, 2.75) is 6.61 Å². The van der Waals surface area contributed by atoms with E-state index in [4.69, 9.17) is 5.11 Å². The average Bonchev–Trinajstić information content (AvgIpc) is 2.55. The number of aliphatic hydroxyl groups excluding tert-OH is 1. The Hall–Kier alpha value is -3.19. The number of aromatic nitrogens is 2. The first-order valence-corrected chi connectivity index (χ1v) is 6.81. The van der Waals surface area contributed by atoms with Gasteiger partial charge in [-0.25, -0.2) is 9.78 Å². The van der Waals surface area contributed by atoms with Crippen LogP contribution < -0.4 is 10.9 Å². The topological polar surface area (TPSA) is 104 Å². The highest BCUT2D eigenvalue weighted by Gasteiger charge is 2.12. The summed E-state index contributed by atoms with van der Waals surface area (Å²) in [6.45, 7) is -0.482. The summed E-state index contributed by atoms with van der Waals surface area (Å²) in [4.78, 5) is 27.7. The Morgan fingerprint density at radius 2 is 2.04 bits per heavy atom. The summed E-state index contributed by atoms with van der Waals surface area (Å²) in [5.74, 6) is -0.853. The molecule has 3 N–H and O–H groups in total. The summed E-state index contributed by atoms with van der Waals surface area (Å²) >= 11 is 0. The number of carbonyl (C=O) groups is 1. The van der Waals surface area contributed by atoms with Crippen molar-refractivity contribution in [3.05, 3.63) is 70.1 Å². The molecule has 0 aliphatic heterocycles. The van der Waals surface area contributed by atoms with Gasteiger partial charge in [-0.3, -0.25) is 9.20 Å². The molecule has 2 aromatic heterocycles. The fourth-order valence-corrected chi connectivity index (χ4v) is 2.24. The number of fused-ring (bicyclic) bond motifs is 1. The van der Waals surface area contributed by atoms with Gasteiger partial charge in [0.1, 0.15) is 11.5 Å². The zero-order valence-electron chi connectivity index (χ0n) is 11.9. The highest BCUT2D eigenvalue weighted by atomic mass is 16.4. The number of hydrogen-bond acceptors (Lipinski definition) is 5. The maximum atomic E-state index is 12.4. The summed E-state index contributed by atoms with van der Waals surface area (Å²) < 4.78 is 1.34. The van der Waals surface area contributed by atoms with Gasteiger partial charge >= 0.3 is 5.97 Å². The second-order valence-electron chi connectivity index (χ2n) is 4.84. The maximum Gasteiger partial charge on any atom is 0.335 e. The number of rotatable bonds is 4. The van der Waals surface area contributed by atoms with E-state index in [1.165, 1.54) is 16.5 Å². The quantitative estimate of drug-likeness (QED) is 0.676. The molecule has 0 radical (unpaired) electrons. The number of aliphatic hydroxyl groups is 1. The van der Waals surface area contributed by atoms with Crippen LogP contribution in [0.3, 0.4) is 0 Å². The van der Waals surface area contributed by atoms with E-state index in [0.717, 1.165) is 0 Å². The normalized spacial score (nSPS) is 10.7. The van der Waals surface area contributed by atoms with Crippen LogP contribution in [0.4, 0.5) is 11.5 Å². The molecule has 2 heterocycles. The van der Waals surface area contributed by atoms with Crippen LogP contribution >= 0.6 is 0 Å². The van der Waals surface area contributed by atoms with Gasteiger partial charge in [-0.2, -0.15) is 0 Å². The van der Waals surface area contributed by atoms with E-state index in [-0.39, 0.29) is 22.5 Å². The fraction of sp³-hybridized carbons (Fsp3) is 0.0625. The predicted molar refractivity (Wildman–Crippen MR) is 84.1 cm³/mol. The lowest BCUT2D eigenvalue weighted by Crippen LogP contribution is -2.21. The Labute approximate surface area is 130 Å². The molecule has 1 aromatic carbocycles. The molecule has 3 rings (SSSR count). The van der Waals surface area contributed by atoms with Crippen molar-refractivity contribution in [1.82, 2.24) is 9.38 Å². The lowest BCUT2D eigenvalue weighted by molar-refractivity contribution is 0.0697. The molecule has 3 aromatic rings. The number of pyridine rings is 1. The van der Waals surface area contributed by atoms with Crippen molar-refractivity contribution < 1.29 is 15.0 Å². The molecule has 116 valence electrons. The monoisotopic (exact) mass is 311 g/mol. The van der Waals surface area contributed by atoms with Crippen molar-refractivity contribution in [2.75, 3.05) is 5.32 Å². The Morgan fingerprint density at radius 3 is 2.78 bits per heavy atom. The molecule has 0 unspecified atom stereocenters. The van der Waals surface area contributed by atoms with Gasteiger partial charge in [0.2, 0.25) is 0 Å². The highest BCUT2D eigenvalue weighted by molar-refractivity contribution is 5.89. The Morgan fingerprint density at radius 1 is 1.22 bits per heavy atom. The predicted octanol–water partition coefficient (Wildman–Crippen LogP) is 1.63. The molecule has 7 nitrogen and oxygen atoms in total. The molecule has 0 aliphatic rings. The van der Waals surface area contributed by atoms with Gasteiger partial charge < -0.3 is 15.5 Å². The molecule has 0 saturated carbocycles. The van der Waals surface area contributed by atoms with Gasteiger partial charge in [0.25, 0.3) is 5.56 Å². The van der Waals surface area contributed by atoms with Gasteiger partial charge in [-0.05, 0) is 30.3 Å². The molecule has 23 heavy (non-hydrogen) atoms. The average molecular weight is 311 g/mol. The number of nitrogens with zero attached hydrogens (tertiary/aromatic N) is 2. The summed E-state index contributed by atoms with van der Waals surface area (Å²) in [5, 5.41) is 21.4. The largest absolute Gasteiger partial charge is 0.478 e. The van der Waals surface area contributed by atoms with Crippen molar-refractivity contribution >= 4 is 23.1 Å². The third kappa shape index (κ3) is 2.77. The third-order valence-electron chi connectivity index (χ3n) is 3.36. The molecule has 0 amide bonds. The second-order valence-corrected chi connectivity index (χ2v) is 4.84. The first kappa shape index (κ1) is 14.7. The number of hydrogen-bond donors (Lipinski definition) is 3. The van der Waals surface area contributed by atoms with Crippen molar-refractivity contribution in [3.8, 4) is 0 Å². The number of benzene rings is 1. The minimum atomic E-state index is -1.05. The van der Waals surface area contributed by atoms with E-state index < -0.39 is 12.6 Å². The Kier molecular flexibility index (Phi) is 3.78. The van der Waals surface area contributed by atoms with Crippen LogP contribution in [-0.4, -0.2) is 25.6 Å². The fourth-order valence-electron chi connectivity index (χ4n) is 2.24. The first-order valence-electron chi connectivity index (χ1n) is 6.81. The molecular weight excluding hydrogens is 298 g/mol. The van der Waals surface area contributed by atoms with Gasteiger partial charge in [-0.15, -0.1) is 0 Å². The molecule has 0 atom stereocenters. The standard InChI is InChI=1S/C16H13N3O4/c20-9-12-14(17-11-5-3-4-10(8-11)16(22)23)18-13-6-1-2-7-19(13)15(12)21/h1-8,17,20H,9H2,(H,22,23). The van der Waals surface area contributed by atoms with Gasteiger partial charge in [0, 0.05) is 11.9 Å². The van der Waals surface area contributed by atoms with Crippen LogP contribution in [-0.2, 0) is 6.61 Å². The molecule has 0 aliphatic carbocycles. The van der Waals surface area contributed by atoms with Crippen molar-refractivity contribution in [1.29, 1.82) is 0 Å². The Balaban J connectivity index is 2.11. The Bertz CT molecular complexity index is 949. The summed E-state index contributed by atoms with van der Waals surface area (Å²) in [7, 11) is 0. The first-order chi connectivity index (χ1) is 11.1. The van der Waals surface area contributed by atoms with E-state index in [1.54, 1.807) is 36.5 Å². The van der Waals surface area contributed by atoms with Crippen LogP contribution in [0, 0.1) is 0 Å². The van der Waals surface area contributed by atoms with Crippen molar-refractivity contribution in [3.63, 3.8) is 0 Å². The third-order valence-corrected chi connectivity index (χ3v) is 3.36. The number of aromatic carboxylic acids is 1. The van der Waals surface area contributed by atoms with Crippen LogP contribution in [0.25, 0.3) is 5.65 Å². The number of nitrogens with one attached hydrogen (secondary N) is 1. The lowest BCUT2D eigenvalue weighted by atomic mass is 10.2. The molecule has 7 heteroatoms. The summed E-state index contributed by atoms with van der Waals surface area (Å²) in [6, 6.07) is 11.2. The van der Waals surface area contributed by atoms with E-state index in [0.29, 0.717) is 11.3 Å². The summed E-state index contributed by atoms with van der Waals surface area (Å²) in [5.41, 5.74) is 0.723. The van der Waals surface area contributed by atoms with Crippen LogP contribution in [0.2, 0.25) is 0 Å². The van der Waals surface area contributed by atoms with Crippen LogP contribution in [0.15, 0.2) is 53.5 Å². The van der Waals surface area contributed by atoms with E-state index >= 15 is 0 Å². The molecule has 0 spiro atoms. The van der Waals surface area contributed by atoms with Gasteiger partial charge in [-0.1, -0.05) is 12.1 Å². The molecule has 0 saturated heterocycles. The lowest BCUT2D eigenvalue weighted by Gasteiger charge is -2.11. The number of carboxylic acids is 1. The molecular formula is C16H13N3O4. The van der Waals surface area contributed by atoms with E-state index in [9.17, 15) is 14.7 Å². The number of carboxylic acid groups (broad SMARTS) is 1. The number of anilines is 2. The zero-order valence-corrected chi connectivity index (χ0v) is 11.9. The van der Waals surface area contributed by atoms with Gasteiger partial charge in [0.05, 0.1) is 17.7 Å². The van der Waals surface area contributed by atoms with Gasteiger partial charge in [0.15, 0.2) is 0 Å². The second kappa shape index (κ2) is 5.90. The minimum absolute atomic E-state index is 0.106. The van der Waals surface area contributed by atoms with Crippen LogP contribution in [0.1, 0.15) is 15.9 Å². The van der Waals surface area contributed by atoms with Crippen LogP contribution in [0.5, 0.6) is 0 Å². The van der Waals surface area contributed by atoms with E-state index in [1.807, 2.05) is 0 Å². The molecule has 0 bridgehead atoms.